The summed E-state index contributed by atoms with van der Waals surface area (Å²) in [6.45, 7) is 9.05. The van der Waals surface area contributed by atoms with Gasteiger partial charge in [-0.25, -0.2) is 4.39 Å². The third kappa shape index (κ3) is 3.57. The van der Waals surface area contributed by atoms with Gasteiger partial charge in [0.1, 0.15) is 5.82 Å². The highest BCUT2D eigenvalue weighted by Gasteiger charge is 2.52. The average molecular weight is 323 g/mol. The maximum atomic E-state index is 14.4. The van der Waals surface area contributed by atoms with Gasteiger partial charge >= 0.3 is 7.12 Å². The molecule has 1 amide bonds. The fourth-order valence-electron chi connectivity index (χ4n) is 2.18. The molecule has 0 bridgehead atoms. The predicted octanol–water partition coefficient (Wildman–Crippen LogP) is 1.24. The minimum atomic E-state index is -0.812. The van der Waals surface area contributed by atoms with Crippen molar-refractivity contribution in [1.29, 1.82) is 0 Å². The van der Waals surface area contributed by atoms with Gasteiger partial charge in [-0.3, -0.25) is 4.79 Å². The first-order valence-electron chi connectivity index (χ1n) is 7.64. The molecule has 1 atom stereocenters. The highest BCUT2D eigenvalue weighted by molar-refractivity contribution is 6.62. The van der Waals surface area contributed by atoms with Gasteiger partial charge in [-0.05, 0) is 46.8 Å². The zero-order valence-electron chi connectivity index (χ0n) is 14.1. The van der Waals surface area contributed by atoms with Crippen molar-refractivity contribution in [3.8, 4) is 0 Å². The average Bonchev–Trinajstić information content (AvgIpc) is 2.66. The van der Waals surface area contributed by atoms with Crippen molar-refractivity contribution >= 4 is 18.5 Å². The molecule has 7 heteroatoms. The number of rotatable bonds is 4. The van der Waals surface area contributed by atoms with E-state index in [-0.39, 0.29) is 17.6 Å². The van der Waals surface area contributed by atoms with Crippen LogP contribution in [0.3, 0.4) is 0 Å². The standard InChI is InChI=1S/C16H23BFNO4/c1-10(9-20)19-14(21)11-6-7-12(13(18)8-11)17-22-15(2,3)16(4,5)23-17/h6-8,10,20H,9H2,1-5H3,(H,19,21)/t10-/m1/s1. The monoisotopic (exact) mass is 323 g/mol. The van der Waals surface area contributed by atoms with E-state index in [1.54, 1.807) is 6.92 Å². The number of aliphatic hydroxyl groups is 1. The van der Waals surface area contributed by atoms with Crippen molar-refractivity contribution in [2.24, 2.45) is 0 Å². The zero-order valence-corrected chi connectivity index (χ0v) is 14.1. The lowest BCUT2D eigenvalue weighted by Crippen LogP contribution is -2.41. The fourth-order valence-corrected chi connectivity index (χ4v) is 2.18. The Morgan fingerprint density at radius 1 is 1.30 bits per heavy atom. The van der Waals surface area contributed by atoms with Gasteiger partial charge in [0.05, 0.1) is 17.8 Å². The second-order valence-electron chi connectivity index (χ2n) is 6.88. The minimum Gasteiger partial charge on any atom is -0.399 e. The molecule has 1 fully saturated rings. The number of halogens is 1. The molecule has 0 spiro atoms. The fraction of sp³-hybridized carbons (Fsp3) is 0.562. The van der Waals surface area contributed by atoms with Gasteiger partial charge in [-0.2, -0.15) is 0 Å². The van der Waals surface area contributed by atoms with Gasteiger partial charge in [0, 0.05) is 17.1 Å². The van der Waals surface area contributed by atoms with E-state index in [2.05, 4.69) is 5.32 Å². The molecule has 2 N–H and O–H groups in total. The highest BCUT2D eigenvalue weighted by Crippen LogP contribution is 2.36. The maximum absolute atomic E-state index is 14.4. The van der Waals surface area contributed by atoms with Crippen LogP contribution in [0, 0.1) is 5.82 Å². The molecule has 1 aliphatic rings. The van der Waals surface area contributed by atoms with Gasteiger partial charge in [0.2, 0.25) is 0 Å². The van der Waals surface area contributed by atoms with Crippen LogP contribution < -0.4 is 10.8 Å². The number of carbonyl (C=O) groups excluding carboxylic acids is 1. The van der Waals surface area contributed by atoms with Gasteiger partial charge in [0.25, 0.3) is 5.91 Å². The van der Waals surface area contributed by atoms with Crippen molar-refractivity contribution in [1.82, 2.24) is 5.32 Å². The van der Waals surface area contributed by atoms with Crippen LogP contribution in [0.15, 0.2) is 18.2 Å². The van der Waals surface area contributed by atoms with E-state index in [4.69, 9.17) is 14.4 Å². The van der Waals surface area contributed by atoms with Crippen LogP contribution in [0.2, 0.25) is 0 Å². The van der Waals surface area contributed by atoms with Gasteiger partial charge in [-0.15, -0.1) is 0 Å². The second kappa shape index (κ2) is 6.22. The third-order valence-corrected chi connectivity index (χ3v) is 4.42. The molecular weight excluding hydrogens is 300 g/mol. The Bertz CT molecular complexity index is 590. The Kier molecular flexibility index (Phi) is 4.85. The summed E-state index contributed by atoms with van der Waals surface area (Å²) in [5.41, 5.74) is -0.675. The molecule has 0 unspecified atom stereocenters. The van der Waals surface area contributed by atoms with E-state index in [9.17, 15) is 9.18 Å². The second-order valence-corrected chi connectivity index (χ2v) is 6.88. The Morgan fingerprint density at radius 3 is 2.35 bits per heavy atom. The molecule has 2 rings (SSSR count). The van der Waals surface area contributed by atoms with E-state index < -0.39 is 36.1 Å². The lowest BCUT2D eigenvalue weighted by Gasteiger charge is -2.32. The van der Waals surface area contributed by atoms with Crippen molar-refractivity contribution in [2.45, 2.75) is 51.9 Å². The topological polar surface area (TPSA) is 67.8 Å². The number of aliphatic hydroxyl groups excluding tert-OH is 1. The van der Waals surface area contributed by atoms with Crippen molar-refractivity contribution in [2.75, 3.05) is 6.61 Å². The van der Waals surface area contributed by atoms with Crippen LogP contribution in [0.1, 0.15) is 45.0 Å². The summed E-state index contributed by atoms with van der Waals surface area (Å²) >= 11 is 0. The summed E-state index contributed by atoms with van der Waals surface area (Å²) in [4.78, 5) is 12.0. The van der Waals surface area contributed by atoms with E-state index >= 15 is 0 Å². The molecule has 0 aromatic heterocycles. The van der Waals surface area contributed by atoms with E-state index in [0.29, 0.717) is 0 Å². The third-order valence-electron chi connectivity index (χ3n) is 4.42. The van der Waals surface area contributed by atoms with E-state index in [1.165, 1.54) is 12.1 Å². The van der Waals surface area contributed by atoms with E-state index in [0.717, 1.165) is 6.07 Å². The van der Waals surface area contributed by atoms with Crippen molar-refractivity contribution in [3.63, 3.8) is 0 Å². The highest BCUT2D eigenvalue weighted by atomic mass is 19.1. The smallest absolute Gasteiger partial charge is 0.399 e. The first-order valence-corrected chi connectivity index (χ1v) is 7.64. The first kappa shape index (κ1) is 17.9. The largest absolute Gasteiger partial charge is 0.497 e. The van der Waals surface area contributed by atoms with Crippen LogP contribution in [-0.4, -0.2) is 42.0 Å². The summed E-state index contributed by atoms with van der Waals surface area (Å²) in [5.74, 6) is -1.00. The molecule has 126 valence electrons. The van der Waals surface area contributed by atoms with Crippen molar-refractivity contribution < 1.29 is 23.6 Å². The quantitative estimate of drug-likeness (QED) is 0.818. The Morgan fingerprint density at radius 2 is 1.87 bits per heavy atom. The molecule has 1 aliphatic heterocycles. The molecule has 0 aliphatic carbocycles. The van der Waals surface area contributed by atoms with Crippen LogP contribution in [0.4, 0.5) is 4.39 Å². The lowest BCUT2D eigenvalue weighted by atomic mass is 9.78. The molecule has 1 saturated heterocycles. The van der Waals surface area contributed by atoms with Crippen LogP contribution in [0.5, 0.6) is 0 Å². The number of nitrogens with one attached hydrogen (secondary N) is 1. The van der Waals surface area contributed by atoms with E-state index in [1.807, 2.05) is 27.7 Å². The number of amides is 1. The normalized spacial score (nSPS) is 20.4. The van der Waals surface area contributed by atoms with Gasteiger partial charge < -0.3 is 19.7 Å². The number of carbonyl (C=O) groups is 1. The summed E-state index contributed by atoms with van der Waals surface area (Å²) in [6.07, 6.45) is 0. The SMILES string of the molecule is C[C@H](CO)NC(=O)c1ccc(B2OC(C)(C)C(C)(C)O2)c(F)c1. The van der Waals surface area contributed by atoms with Crippen LogP contribution in [-0.2, 0) is 9.31 Å². The zero-order chi connectivity index (χ0) is 17.4. The Hall–Kier alpha value is -1.44. The minimum absolute atomic E-state index is 0.180. The van der Waals surface area contributed by atoms with Gasteiger partial charge in [0.15, 0.2) is 0 Å². The molecule has 5 nitrogen and oxygen atoms in total. The molecule has 1 aromatic carbocycles. The Balaban J connectivity index is 2.20. The number of benzene rings is 1. The summed E-state index contributed by atoms with van der Waals surface area (Å²) in [6, 6.07) is 3.77. The number of hydrogen-bond donors (Lipinski definition) is 2. The lowest BCUT2D eigenvalue weighted by molar-refractivity contribution is 0.00578. The molecule has 23 heavy (non-hydrogen) atoms. The first-order chi connectivity index (χ1) is 10.6. The summed E-state index contributed by atoms with van der Waals surface area (Å²) < 4.78 is 26.0. The van der Waals surface area contributed by atoms with Crippen LogP contribution >= 0.6 is 0 Å². The molecular formula is C16H23BFNO4. The molecule has 1 heterocycles. The predicted molar refractivity (Wildman–Crippen MR) is 86.1 cm³/mol. The summed E-state index contributed by atoms with van der Waals surface area (Å²) in [5, 5.41) is 11.5. The molecule has 0 radical (unpaired) electrons. The molecule has 0 saturated carbocycles. The maximum Gasteiger partial charge on any atom is 0.497 e. The number of hydrogen-bond acceptors (Lipinski definition) is 4. The Labute approximate surface area is 136 Å². The molecule has 1 aromatic rings. The van der Waals surface area contributed by atoms with Crippen molar-refractivity contribution in [3.05, 3.63) is 29.6 Å². The van der Waals surface area contributed by atoms with Gasteiger partial charge in [-0.1, -0.05) is 6.07 Å². The summed E-state index contributed by atoms with van der Waals surface area (Å²) in [7, 11) is -0.812. The van der Waals surface area contributed by atoms with Crippen LogP contribution in [0.25, 0.3) is 0 Å².